The lowest BCUT2D eigenvalue weighted by molar-refractivity contribution is -0.275. The summed E-state index contributed by atoms with van der Waals surface area (Å²) in [5.41, 5.74) is 1.58. The number of hydrogen-bond donors (Lipinski definition) is 0. The van der Waals surface area contributed by atoms with Gasteiger partial charge in [0.1, 0.15) is 22.8 Å². The van der Waals surface area contributed by atoms with Crippen LogP contribution >= 0.6 is 0 Å². The second kappa shape index (κ2) is 7.75. The average molecular weight is 390 g/mol. The Hall–Kier alpha value is -3.29. The maximum Gasteiger partial charge on any atom is 0.573 e. The topological polar surface area (TPSA) is 55.6 Å². The highest BCUT2D eigenvalue weighted by Crippen LogP contribution is 2.29. The summed E-state index contributed by atoms with van der Waals surface area (Å²) in [5, 5.41) is 3.97. The zero-order chi connectivity index (χ0) is 20.3. The molecular weight excluding hydrogens is 373 g/mol. The van der Waals surface area contributed by atoms with Crippen LogP contribution in [0, 0.1) is 6.92 Å². The second-order valence-electron chi connectivity index (χ2n) is 6.15. The van der Waals surface area contributed by atoms with E-state index in [1.54, 1.807) is 25.1 Å². The van der Waals surface area contributed by atoms with Gasteiger partial charge in [0.05, 0.1) is 0 Å². The predicted octanol–water partition coefficient (Wildman–Crippen LogP) is 4.82. The maximum absolute atomic E-state index is 13.0. The zero-order valence-electron chi connectivity index (χ0n) is 15.2. The molecule has 8 heteroatoms. The molecule has 0 unspecified atom stereocenters. The molecule has 5 nitrogen and oxygen atoms in total. The third-order valence-corrected chi connectivity index (χ3v) is 4.08. The number of nitrogens with zero attached hydrogens (tertiary/aromatic N) is 2. The molecule has 28 heavy (non-hydrogen) atoms. The number of aromatic nitrogens is 1. The third-order valence-electron chi connectivity index (χ3n) is 4.08. The molecule has 2 aromatic carbocycles. The van der Waals surface area contributed by atoms with Crippen LogP contribution in [0.4, 0.5) is 13.2 Å². The Morgan fingerprint density at radius 2 is 1.75 bits per heavy atom. The van der Waals surface area contributed by atoms with Crippen molar-refractivity contribution in [1.82, 2.24) is 10.1 Å². The van der Waals surface area contributed by atoms with Crippen molar-refractivity contribution < 1.29 is 27.2 Å². The van der Waals surface area contributed by atoms with E-state index in [-0.39, 0.29) is 23.4 Å². The fourth-order valence-electron chi connectivity index (χ4n) is 2.79. The van der Waals surface area contributed by atoms with Crippen LogP contribution in [0.5, 0.6) is 5.75 Å². The second-order valence-corrected chi connectivity index (χ2v) is 6.15. The molecule has 3 aromatic rings. The van der Waals surface area contributed by atoms with E-state index in [1.165, 1.54) is 30.1 Å². The number of hydrogen-bond acceptors (Lipinski definition) is 4. The molecule has 0 spiro atoms. The Morgan fingerprint density at radius 1 is 1.11 bits per heavy atom. The monoisotopic (exact) mass is 390 g/mol. The van der Waals surface area contributed by atoms with Crippen molar-refractivity contribution in [2.75, 3.05) is 7.05 Å². The first kappa shape index (κ1) is 19.5. The Labute approximate surface area is 159 Å². The largest absolute Gasteiger partial charge is 0.573 e. The summed E-state index contributed by atoms with van der Waals surface area (Å²) < 4.78 is 47.1. The molecule has 0 aliphatic rings. The van der Waals surface area contributed by atoms with Crippen LogP contribution in [0.3, 0.4) is 0 Å². The molecule has 0 aliphatic heterocycles. The van der Waals surface area contributed by atoms with Gasteiger partial charge < -0.3 is 14.2 Å². The number of halogens is 3. The van der Waals surface area contributed by atoms with E-state index in [0.717, 1.165) is 0 Å². The first-order chi connectivity index (χ1) is 13.3. The van der Waals surface area contributed by atoms with Crippen molar-refractivity contribution in [3.8, 4) is 17.0 Å². The summed E-state index contributed by atoms with van der Waals surface area (Å²) in [6, 6.07) is 14.7. The number of alkyl halides is 3. The summed E-state index contributed by atoms with van der Waals surface area (Å²) in [6.45, 7) is 1.53. The Balaban J connectivity index is 1.87. The number of benzene rings is 2. The van der Waals surface area contributed by atoms with Crippen molar-refractivity contribution >= 4 is 5.91 Å². The van der Waals surface area contributed by atoms with E-state index >= 15 is 0 Å². The van der Waals surface area contributed by atoms with Gasteiger partial charge in [-0.1, -0.05) is 53.7 Å². The highest BCUT2D eigenvalue weighted by molar-refractivity contribution is 6.00. The van der Waals surface area contributed by atoms with E-state index in [2.05, 4.69) is 9.89 Å². The normalized spacial score (nSPS) is 11.3. The number of carbonyl (C=O) groups is 1. The van der Waals surface area contributed by atoms with E-state index in [9.17, 15) is 18.0 Å². The lowest BCUT2D eigenvalue weighted by Gasteiger charge is -2.20. The molecule has 0 fully saturated rings. The Kier molecular flexibility index (Phi) is 5.39. The summed E-state index contributed by atoms with van der Waals surface area (Å²) >= 11 is 0. The number of aryl methyl sites for hydroxylation is 1. The smallest absolute Gasteiger partial charge is 0.405 e. The molecule has 1 aromatic heterocycles. The van der Waals surface area contributed by atoms with Gasteiger partial charge in [-0.2, -0.15) is 0 Å². The van der Waals surface area contributed by atoms with E-state index in [4.69, 9.17) is 4.52 Å². The molecule has 3 rings (SSSR count). The van der Waals surface area contributed by atoms with E-state index in [1.807, 2.05) is 18.2 Å². The Morgan fingerprint density at radius 3 is 2.43 bits per heavy atom. The molecular formula is C20H17F3N2O3. The molecule has 0 bridgehead atoms. The molecule has 0 radical (unpaired) electrons. The number of rotatable bonds is 5. The summed E-state index contributed by atoms with van der Waals surface area (Å²) in [5.74, 6) is -0.435. The molecule has 1 heterocycles. The third kappa shape index (κ3) is 4.33. The van der Waals surface area contributed by atoms with Gasteiger partial charge in [-0.15, -0.1) is 13.2 Å². The van der Waals surface area contributed by atoms with Gasteiger partial charge in [0.2, 0.25) is 0 Å². The first-order valence-electron chi connectivity index (χ1n) is 8.37. The molecule has 0 atom stereocenters. The van der Waals surface area contributed by atoms with Crippen LogP contribution in [-0.2, 0) is 6.54 Å². The zero-order valence-corrected chi connectivity index (χ0v) is 15.2. The van der Waals surface area contributed by atoms with Crippen molar-refractivity contribution in [2.24, 2.45) is 0 Å². The quantitative estimate of drug-likeness (QED) is 0.627. The maximum atomic E-state index is 13.0. The average Bonchev–Trinajstić information content (AvgIpc) is 3.03. The summed E-state index contributed by atoms with van der Waals surface area (Å²) in [4.78, 5) is 14.3. The lowest BCUT2D eigenvalue weighted by atomic mass is 10.0. The molecule has 0 N–H and O–H groups in total. The van der Waals surface area contributed by atoms with Crippen LogP contribution in [0.25, 0.3) is 11.3 Å². The minimum absolute atomic E-state index is 0.0794. The lowest BCUT2D eigenvalue weighted by Crippen LogP contribution is -2.27. The van der Waals surface area contributed by atoms with Gasteiger partial charge in [-0.3, -0.25) is 4.79 Å². The van der Waals surface area contributed by atoms with Crippen LogP contribution in [0.2, 0.25) is 0 Å². The number of amides is 1. The van der Waals surface area contributed by atoms with Crippen molar-refractivity contribution in [1.29, 1.82) is 0 Å². The minimum atomic E-state index is -4.82. The highest BCUT2D eigenvalue weighted by Gasteiger charge is 2.32. The van der Waals surface area contributed by atoms with E-state index in [0.29, 0.717) is 17.0 Å². The Bertz CT molecular complexity index is 968. The molecule has 0 saturated heterocycles. The van der Waals surface area contributed by atoms with Crippen LogP contribution in [0.1, 0.15) is 21.7 Å². The van der Waals surface area contributed by atoms with Gasteiger partial charge in [0.25, 0.3) is 5.91 Å². The summed E-state index contributed by atoms with van der Waals surface area (Å²) in [7, 11) is 1.49. The van der Waals surface area contributed by atoms with Gasteiger partial charge in [0.15, 0.2) is 0 Å². The highest BCUT2D eigenvalue weighted by atomic mass is 19.4. The molecule has 0 aliphatic carbocycles. The van der Waals surface area contributed by atoms with Gasteiger partial charge in [-0.05, 0) is 13.0 Å². The van der Waals surface area contributed by atoms with Crippen LogP contribution in [0.15, 0.2) is 59.1 Å². The van der Waals surface area contributed by atoms with Crippen molar-refractivity contribution in [2.45, 2.75) is 19.8 Å². The van der Waals surface area contributed by atoms with Crippen LogP contribution < -0.4 is 4.74 Å². The number of ether oxygens (including phenoxy) is 1. The standard InChI is InChI=1S/C20H17F3N2O3/c1-13-17(18(24-28-13)14-8-4-3-5-9-14)19(26)25(2)12-15-10-6-7-11-16(15)27-20(21,22)23/h3-11H,12H2,1-2H3. The molecule has 0 saturated carbocycles. The fraction of sp³-hybridized carbons (Fsp3) is 0.200. The molecule has 1 amide bonds. The van der Waals surface area contributed by atoms with Crippen LogP contribution in [-0.4, -0.2) is 29.4 Å². The van der Waals surface area contributed by atoms with Gasteiger partial charge in [-0.25, -0.2) is 0 Å². The number of carbonyl (C=O) groups excluding carboxylic acids is 1. The van der Waals surface area contributed by atoms with Crippen molar-refractivity contribution in [3.63, 3.8) is 0 Å². The first-order valence-corrected chi connectivity index (χ1v) is 8.37. The van der Waals surface area contributed by atoms with Gasteiger partial charge >= 0.3 is 6.36 Å². The summed E-state index contributed by atoms with van der Waals surface area (Å²) in [6.07, 6.45) is -4.82. The number of para-hydroxylation sites is 1. The predicted molar refractivity (Wildman–Crippen MR) is 95.6 cm³/mol. The fourth-order valence-corrected chi connectivity index (χ4v) is 2.79. The minimum Gasteiger partial charge on any atom is -0.405 e. The SMILES string of the molecule is Cc1onc(-c2ccccc2)c1C(=O)N(C)Cc1ccccc1OC(F)(F)F. The molecule has 146 valence electrons. The van der Waals surface area contributed by atoms with E-state index < -0.39 is 12.3 Å². The van der Waals surface area contributed by atoms with Gasteiger partial charge in [0, 0.05) is 24.7 Å². The van der Waals surface area contributed by atoms with Crippen molar-refractivity contribution in [3.05, 3.63) is 71.5 Å².